The Morgan fingerprint density at radius 1 is 1.00 bits per heavy atom. The summed E-state index contributed by atoms with van der Waals surface area (Å²) >= 11 is 0. The molecule has 2 saturated carbocycles. The molecule has 0 aromatic heterocycles. The van der Waals surface area contributed by atoms with Crippen LogP contribution in [0.1, 0.15) is 23.2 Å². The fraction of sp³-hybridized carbons (Fsp3) is 0.375. The van der Waals surface area contributed by atoms with Gasteiger partial charge in [-0.25, -0.2) is 0 Å². The first-order chi connectivity index (χ1) is 15.5. The van der Waals surface area contributed by atoms with E-state index in [1.807, 2.05) is 0 Å². The average molecular weight is 436 g/mol. The van der Waals surface area contributed by atoms with E-state index in [2.05, 4.69) is 10.6 Å². The molecule has 3 aliphatic rings. The smallest absolute Gasteiger partial charge is 0.310 e. The van der Waals surface area contributed by atoms with Gasteiger partial charge < -0.3 is 24.8 Å². The number of nitrogens with one attached hydrogen (secondary N) is 2. The second-order valence-electron chi connectivity index (χ2n) is 8.51. The van der Waals surface area contributed by atoms with Crippen molar-refractivity contribution in [2.75, 3.05) is 24.9 Å². The first kappa shape index (κ1) is 20.4. The monoisotopic (exact) mass is 436 g/mol. The van der Waals surface area contributed by atoms with Crippen LogP contribution in [0.2, 0.25) is 0 Å². The predicted octanol–water partition coefficient (Wildman–Crippen LogP) is 3.09. The van der Waals surface area contributed by atoms with E-state index in [9.17, 15) is 14.4 Å². The number of benzene rings is 2. The van der Waals surface area contributed by atoms with E-state index in [0.717, 1.165) is 12.8 Å². The molecule has 2 amide bonds. The fourth-order valence-corrected chi connectivity index (χ4v) is 5.39. The lowest BCUT2D eigenvalue weighted by atomic mass is 9.79. The molecule has 2 aromatic rings. The minimum absolute atomic E-state index is 0.00340. The van der Waals surface area contributed by atoms with Crippen LogP contribution in [0.4, 0.5) is 11.4 Å². The highest BCUT2D eigenvalue weighted by Gasteiger charge is 2.63. The van der Waals surface area contributed by atoms with Crippen LogP contribution in [0.25, 0.3) is 0 Å². The molecule has 5 atom stereocenters. The summed E-state index contributed by atoms with van der Waals surface area (Å²) in [5, 5.41) is 5.72. The van der Waals surface area contributed by atoms with E-state index in [1.54, 1.807) is 49.6 Å². The quantitative estimate of drug-likeness (QED) is 0.675. The highest BCUT2D eigenvalue weighted by atomic mass is 16.6. The first-order valence-corrected chi connectivity index (χ1v) is 10.6. The second-order valence-corrected chi connectivity index (χ2v) is 8.51. The Morgan fingerprint density at radius 3 is 2.50 bits per heavy atom. The fourth-order valence-electron chi connectivity index (χ4n) is 5.39. The number of carbonyl (C=O) groups excluding carboxylic acids is 3. The molecule has 32 heavy (non-hydrogen) atoms. The molecule has 5 rings (SSSR count). The van der Waals surface area contributed by atoms with Crippen molar-refractivity contribution in [3.63, 3.8) is 0 Å². The average Bonchev–Trinajstić information content (AvgIpc) is 3.42. The van der Waals surface area contributed by atoms with Gasteiger partial charge in [0.05, 0.1) is 31.7 Å². The Hall–Kier alpha value is -3.55. The SMILES string of the molecule is COc1ccc(NC(=O)c2ccc(NC(=O)[C@@H]3[C@@H]4C[C@@H]5[C@@H]3C(=O)O[C@H]5C4)cc2)c(OC)c1. The van der Waals surface area contributed by atoms with Crippen molar-refractivity contribution in [1.82, 2.24) is 0 Å². The number of ether oxygens (including phenoxy) is 3. The molecular formula is C24H24N2O6. The molecule has 2 bridgehead atoms. The maximum atomic E-state index is 12.9. The molecule has 8 heteroatoms. The number of carbonyl (C=O) groups is 3. The van der Waals surface area contributed by atoms with Gasteiger partial charge in [-0.1, -0.05) is 0 Å². The molecule has 0 unspecified atom stereocenters. The van der Waals surface area contributed by atoms with E-state index in [4.69, 9.17) is 14.2 Å². The molecule has 3 fully saturated rings. The molecule has 2 N–H and O–H groups in total. The molecule has 166 valence electrons. The van der Waals surface area contributed by atoms with Crippen molar-refractivity contribution in [2.45, 2.75) is 18.9 Å². The zero-order chi connectivity index (χ0) is 22.4. The van der Waals surface area contributed by atoms with E-state index in [-0.39, 0.29) is 47.6 Å². The van der Waals surface area contributed by atoms with Gasteiger partial charge in [-0.15, -0.1) is 0 Å². The highest BCUT2D eigenvalue weighted by molar-refractivity contribution is 6.05. The number of fused-ring (bicyclic) bond motifs is 1. The summed E-state index contributed by atoms with van der Waals surface area (Å²) in [7, 11) is 3.07. The van der Waals surface area contributed by atoms with Gasteiger partial charge in [0.15, 0.2) is 0 Å². The van der Waals surface area contributed by atoms with Crippen LogP contribution in [0.15, 0.2) is 42.5 Å². The minimum atomic E-state index is -0.336. The van der Waals surface area contributed by atoms with Gasteiger partial charge in [0.2, 0.25) is 5.91 Å². The van der Waals surface area contributed by atoms with E-state index in [0.29, 0.717) is 28.4 Å². The summed E-state index contributed by atoms with van der Waals surface area (Å²) in [4.78, 5) is 37.7. The van der Waals surface area contributed by atoms with E-state index < -0.39 is 0 Å². The Balaban J connectivity index is 1.24. The Morgan fingerprint density at radius 2 is 1.78 bits per heavy atom. The maximum Gasteiger partial charge on any atom is 0.310 e. The highest BCUT2D eigenvalue weighted by Crippen LogP contribution is 2.57. The first-order valence-electron chi connectivity index (χ1n) is 10.6. The molecule has 1 heterocycles. The Bertz CT molecular complexity index is 1080. The van der Waals surface area contributed by atoms with Crippen LogP contribution in [0, 0.1) is 23.7 Å². The van der Waals surface area contributed by atoms with Gasteiger partial charge in [-0.2, -0.15) is 0 Å². The number of hydrogen-bond donors (Lipinski definition) is 2. The summed E-state index contributed by atoms with van der Waals surface area (Å²) < 4.78 is 15.9. The van der Waals surface area contributed by atoms with Gasteiger partial charge in [0.1, 0.15) is 17.6 Å². The molecule has 0 spiro atoms. The second kappa shape index (κ2) is 7.85. The molecule has 2 aliphatic carbocycles. The van der Waals surface area contributed by atoms with Crippen LogP contribution in [0.5, 0.6) is 11.5 Å². The van der Waals surface area contributed by atoms with Crippen LogP contribution in [-0.4, -0.2) is 38.1 Å². The van der Waals surface area contributed by atoms with Crippen molar-refractivity contribution in [1.29, 1.82) is 0 Å². The number of rotatable bonds is 6. The maximum absolute atomic E-state index is 12.9. The summed E-state index contributed by atoms with van der Waals surface area (Å²) in [5.41, 5.74) is 1.54. The van der Waals surface area contributed by atoms with Crippen LogP contribution in [-0.2, 0) is 14.3 Å². The van der Waals surface area contributed by atoms with Crippen LogP contribution < -0.4 is 20.1 Å². The lowest BCUT2D eigenvalue weighted by Gasteiger charge is -2.23. The summed E-state index contributed by atoms with van der Waals surface area (Å²) in [6, 6.07) is 11.8. The number of methoxy groups -OCH3 is 2. The lowest BCUT2D eigenvalue weighted by molar-refractivity contribution is -0.145. The number of anilines is 2. The van der Waals surface area contributed by atoms with Gasteiger partial charge >= 0.3 is 5.97 Å². The third-order valence-electron chi connectivity index (χ3n) is 6.86. The number of esters is 1. The van der Waals surface area contributed by atoms with Crippen molar-refractivity contribution in [2.24, 2.45) is 23.7 Å². The number of hydrogen-bond acceptors (Lipinski definition) is 6. The van der Waals surface area contributed by atoms with Gasteiger partial charge in [-0.3, -0.25) is 14.4 Å². The van der Waals surface area contributed by atoms with Crippen LogP contribution in [0.3, 0.4) is 0 Å². The van der Waals surface area contributed by atoms with E-state index >= 15 is 0 Å². The van der Waals surface area contributed by atoms with Crippen molar-refractivity contribution in [3.05, 3.63) is 48.0 Å². The van der Waals surface area contributed by atoms with Gasteiger partial charge in [0, 0.05) is 23.2 Å². The van der Waals surface area contributed by atoms with Gasteiger partial charge in [0.25, 0.3) is 5.91 Å². The zero-order valence-electron chi connectivity index (χ0n) is 17.8. The van der Waals surface area contributed by atoms with Crippen molar-refractivity contribution in [3.8, 4) is 11.5 Å². The standard InChI is InChI=1S/C24H24N2O6/c1-30-15-7-8-17(19(11-15)31-2)26-22(27)12-3-5-14(6-4-12)25-23(28)20-13-9-16-18(10-13)32-24(29)21(16)20/h3-8,11,13,16,18,20-21H,9-10H2,1-2H3,(H,25,28)(H,26,27)/t13-,16+,18+,20-,21+/m1/s1. The predicted molar refractivity (Wildman–Crippen MR) is 116 cm³/mol. The Kier molecular flexibility index (Phi) is 5.00. The lowest BCUT2D eigenvalue weighted by Crippen LogP contribution is -2.35. The molecular weight excluding hydrogens is 412 g/mol. The third-order valence-corrected chi connectivity index (χ3v) is 6.86. The topological polar surface area (TPSA) is 103 Å². The molecule has 0 radical (unpaired) electrons. The van der Waals surface area contributed by atoms with Crippen LogP contribution >= 0.6 is 0 Å². The van der Waals surface area contributed by atoms with Crippen molar-refractivity contribution < 1.29 is 28.6 Å². The third kappa shape index (κ3) is 3.36. The summed E-state index contributed by atoms with van der Waals surface area (Å²) in [5.74, 6) is 0.146. The van der Waals surface area contributed by atoms with E-state index in [1.165, 1.54) is 7.11 Å². The molecule has 2 aromatic carbocycles. The summed E-state index contributed by atoms with van der Waals surface area (Å²) in [6.45, 7) is 0. The minimum Gasteiger partial charge on any atom is -0.497 e. The largest absolute Gasteiger partial charge is 0.497 e. The molecule has 1 aliphatic heterocycles. The normalized spacial score (nSPS) is 27.1. The molecule has 8 nitrogen and oxygen atoms in total. The number of amides is 2. The zero-order valence-corrected chi connectivity index (χ0v) is 17.8. The molecule has 1 saturated heterocycles. The van der Waals surface area contributed by atoms with Gasteiger partial charge in [-0.05, 0) is 55.2 Å². The summed E-state index contributed by atoms with van der Waals surface area (Å²) in [6.07, 6.45) is 1.66. The Labute approximate surface area is 185 Å². The van der Waals surface area contributed by atoms with Crippen molar-refractivity contribution >= 4 is 29.2 Å².